The van der Waals surface area contributed by atoms with Gasteiger partial charge < -0.3 is 14.5 Å². The zero-order chi connectivity index (χ0) is 14.5. The molecular weight excluding hydrogens is 274 g/mol. The average Bonchev–Trinajstić information content (AvgIpc) is 2.88. The minimum atomic E-state index is 0.00399. The second-order valence-electron chi connectivity index (χ2n) is 4.68. The molecule has 0 bridgehead atoms. The summed E-state index contributed by atoms with van der Waals surface area (Å²) in [6, 6.07) is 9.89. The molecule has 0 aliphatic carbocycles. The number of methoxy groups -OCH3 is 1. The van der Waals surface area contributed by atoms with Gasteiger partial charge in [-0.3, -0.25) is 0 Å². The van der Waals surface area contributed by atoms with E-state index in [-0.39, 0.29) is 6.04 Å². The van der Waals surface area contributed by atoms with E-state index in [0.29, 0.717) is 6.61 Å². The highest BCUT2D eigenvalue weighted by Crippen LogP contribution is 2.30. The van der Waals surface area contributed by atoms with Crippen LogP contribution < -0.4 is 5.32 Å². The molecule has 1 unspecified atom stereocenters. The summed E-state index contributed by atoms with van der Waals surface area (Å²) in [5, 5.41) is 4.22. The fraction of sp³-hybridized carbons (Fsp3) is 0.375. The van der Waals surface area contributed by atoms with Crippen LogP contribution in [0.3, 0.4) is 0 Å². The Balaban J connectivity index is 2.36. The van der Waals surface area contributed by atoms with Gasteiger partial charge in [-0.15, -0.1) is 0 Å². The Labute approximate surface area is 124 Å². The fourth-order valence-electron chi connectivity index (χ4n) is 2.27. The zero-order valence-corrected chi connectivity index (χ0v) is 12.8. The van der Waals surface area contributed by atoms with Gasteiger partial charge in [-0.25, -0.2) is 0 Å². The van der Waals surface area contributed by atoms with E-state index in [1.165, 1.54) is 0 Å². The lowest BCUT2D eigenvalue weighted by Gasteiger charge is -2.19. The predicted octanol–water partition coefficient (Wildman–Crippen LogP) is 4.09. The molecule has 1 aromatic heterocycles. The summed E-state index contributed by atoms with van der Waals surface area (Å²) in [4.78, 5) is 0. The smallest absolute Gasteiger partial charge is 0.129 e. The monoisotopic (exact) mass is 293 g/mol. The summed E-state index contributed by atoms with van der Waals surface area (Å²) in [5.41, 5.74) is 2.21. The lowest BCUT2D eigenvalue weighted by molar-refractivity contribution is 0.162. The molecule has 0 saturated carbocycles. The first kappa shape index (κ1) is 15.1. The number of hydrogen-bond acceptors (Lipinski definition) is 3. The van der Waals surface area contributed by atoms with Crippen LogP contribution in [0.1, 0.15) is 35.6 Å². The summed E-state index contributed by atoms with van der Waals surface area (Å²) in [5.74, 6) is 1.70. The van der Waals surface area contributed by atoms with Crippen molar-refractivity contribution >= 4 is 11.6 Å². The van der Waals surface area contributed by atoms with Crippen LogP contribution in [0.2, 0.25) is 5.02 Å². The van der Waals surface area contributed by atoms with E-state index in [9.17, 15) is 0 Å². The van der Waals surface area contributed by atoms with Gasteiger partial charge in [0.05, 0.1) is 6.04 Å². The highest BCUT2D eigenvalue weighted by Gasteiger charge is 2.19. The quantitative estimate of drug-likeness (QED) is 0.871. The minimum Gasteiger partial charge on any atom is -0.462 e. The van der Waals surface area contributed by atoms with E-state index in [1.807, 2.05) is 31.2 Å². The molecule has 1 aromatic carbocycles. The van der Waals surface area contributed by atoms with Crippen LogP contribution in [0.15, 0.2) is 34.7 Å². The van der Waals surface area contributed by atoms with Gasteiger partial charge >= 0.3 is 0 Å². The van der Waals surface area contributed by atoms with Crippen LogP contribution >= 0.6 is 11.6 Å². The Morgan fingerprint density at radius 2 is 2.10 bits per heavy atom. The Morgan fingerprint density at radius 1 is 1.30 bits per heavy atom. The van der Waals surface area contributed by atoms with Crippen LogP contribution in [-0.2, 0) is 11.3 Å². The molecular formula is C16H20ClNO2. The van der Waals surface area contributed by atoms with Crippen LogP contribution in [0.25, 0.3) is 0 Å². The van der Waals surface area contributed by atoms with E-state index in [1.54, 1.807) is 7.11 Å². The summed E-state index contributed by atoms with van der Waals surface area (Å²) >= 11 is 6.22. The summed E-state index contributed by atoms with van der Waals surface area (Å²) in [6.07, 6.45) is 0. The largest absolute Gasteiger partial charge is 0.462 e. The normalized spacial score (nSPS) is 12.6. The molecule has 20 heavy (non-hydrogen) atoms. The summed E-state index contributed by atoms with van der Waals surface area (Å²) < 4.78 is 11.0. The first-order valence-corrected chi connectivity index (χ1v) is 7.11. The third-order valence-electron chi connectivity index (χ3n) is 3.28. The van der Waals surface area contributed by atoms with Gasteiger partial charge in [0, 0.05) is 12.1 Å². The lowest BCUT2D eigenvalue weighted by atomic mass is 9.99. The molecule has 1 heterocycles. The van der Waals surface area contributed by atoms with E-state index in [4.69, 9.17) is 20.8 Å². The molecule has 3 nitrogen and oxygen atoms in total. The fourth-order valence-corrected chi connectivity index (χ4v) is 2.46. The molecule has 2 aromatic rings. The molecule has 0 saturated heterocycles. The van der Waals surface area contributed by atoms with E-state index in [2.05, 4.69) is 18.3 Å². The maximum Gasteiger partial charge on any atom is 0.129 e. The standard InChI is InChI=1S/C16H20ClNO2/c1-4-18-16(13-6-5-7-14(17)11(13)2)15-9-8-12(20-15)10-19-3/h5-9,16,18H,4,10H2,1-3H3. The molecule has 0 amide bonds. The molecule has 0 fully saturated rings. The average molecular weight is 294 g/mol. The Morgan fingerprint density at radius 3 is 2.80 bits per heavy atom. The van der Waals surface area contributed by atoms with Crippen molar-refractivity contribution in [3.8, 4) is 0 Å². The molecule has 0 aliphatic rings. The van der Waals surface area contributed by atoms with Gasteiger partial charge in [0.25, 0.3) is 0 Å². The number of ether oxygens (including phenoxy) is 1. The van der Waals surface area contributed by atoms with Crippen molar-refractivity contribution in [1.82, 2.24) is 5.32 Å². The van der Waals surface area contributed by atoms with E-state index in [0.717, 1.165) is 34.2 Å². The maximum absolute atomic E-state index is 6.22. The van der Waals surface area contributed by atoms with Crippen molar-refractivity contribution < 1.29 is 9.15 Å². The molecule has 2 rings (SSSR count). The topological polar surface area (TPSA) is 34.4 Å². The van der Waals surface area contributed by atoms with Crippen LogP contribution in [0.4, 0.5) is 0 Å². The zero-order valence-electron chi connectivity index (χ0n) is 12.1. The molecule has 108 valence electrons. The van der Waals surface area contributed by atoms with Crippen molar-refractivity contribution in [2.45, 2.75) is 26.5 Å². The Hall–Kier alpha value is -1.29. The molecule has 1 N–H and O–H groups in total. The number of halogens is 1. The molecule has 1 atom stereocenters. The van der Waals surface area contributed by atoms with Gasteiger partial charge in [-0.05, 0) is 42.8 Å². The van der Waals surface area contributed by atoms with Crippen molar-refractivity contribution in [2.24, 2.45) is 0 Å². The molecule has 0 aliphatic heterocycles. The minimum absolute atomic E-state index is 0.00399. The third-order valence-corrected chi connectivity index (χ3v) is 3.69. The predicted molar refractivity (Wildman–Crippen MR) is 81.1 cm³/mol. The van der Waals surface area contributed by atoms with Crippen LogP contribution in [0.5, 0.6) is 0 Å². The van der Waals surface area contributed by atoms with Crippen molar-refractivity contribution in [1.29, 1.82) is 0 Å². The summed E-state index contributed by atoms with van der Waals surface area (Å²) in [6.45, 7) is 5.43. The van der Waals surface area contributed by atoms with Crippen molar-refractivity contribution in [3.63, 3.8) is 0 Å². The van der Waals surface area contributed by atoms with Gasteiger partial charge in [-0.1, -0.05) is 30.7 Å². The maximum atomic E-state index is 6.22. The molecule has 0 radical (unpaired) electrons. The van der Waals surface area contributed by atoms with Gasteiger partial charge in [-0.2, -0.15) is 0 Å². The van der Waals surface area contributed by atoms with Crippen LogP contribution in [0, 0.1) is 6.92 Å². The van der Waals surface area contributed by atoms with Gasteiger partial charge in [0.15, 0.2) is 0 Å². The second-order valence-corrected chi connectivity index (χ2v) is 5.09. The highest BCUT2D eigenvalue weighted by molar-refractivity contribution is 6.31. The second kappa shape index (κ2) is 6.93. The van der Waals surface area contributed by atoms with Gasteiger partial charge in [0.2, 0.25) is 0 Å². The SMILES string of the molecule is CCNC(c1ccc(COC)o1)c1cccc(Cl)c1C. The summed E-state index contributed by atoms with van der Waals surface area (Å²) in [7, 11) is 1.66. The number of hydrogen-bond donors (Lipinski definition) is 1. The molecule has 4 heteroatoms. The first-order chi connectivity index (χ1) is 9.67. The van der Waals surface area contributed by atoms with Gasteiger partial charge in [0.1, 0.15) is 18.1 Å². The number of rotatable bonds is 6. The number of nitrogens with one attached hydrogen (secondary N) is 1. The van der Waals surface area contributed by atoms with Crippen LogP contribution in [-0.4, -0.2) is 13.7 Å². The van der Waals surface area contributed by atoms with Crippen molar-refractivity contribution in [3.05, 3.63) is 58.0 Å². The number of benzene rings is 1. The number of furan rings is 1. The first-order valence-electron chi connectivity index (χ1n) is 6.73. The van der Waals surface area contributed by atoms with E-state index < -0.39 is 0 Å². The molecule has 0 spiro atoms. The highest BCUT2D eigenvalue weighted by atomic mass is 35.5. The Kier molecular flexibility index (Phi) is 5.24. The van der Waals surface area contributed by atoms with E-state index >= 15 is 0 Å². The van der Waals surface area contributed by atoms with Crippen molar-refractivity contribution in [2.75, 3.05) is 13.7 Å². The lowest BCUT2D eigenvalue weighted by Crippen LogP contribution is -2.22. The third kappa shape index (κ3) is 3.23. The Bertz CT molecular complexity index is 565.